The van der Waals surface area contributed by atoms with E-state index < -0.39 is 10.0 Å². The molecule has 18 heavy (non-hydrogen) atoms. The molecule has 1 rings (SSSR count). The van der Waals surface area contributed by atoms with Gasteiger partial charge >= 0.3 is 0 Å². The van der Waals surface area contributed by atoms with Crippen LogP contribution in [0.5, 0.6) is 0 Å². The molecule has 0 aromatic heterocycles. The second kappa shape index (κ2) is 5.63. The van der Waals surface area contributed by atoms with Crippen molar-refractivity contribution in [3.8, 4) is 0 Å². The molecule has 0 heterocycles. The Hall–Kier alpha value is -1.20. The third-order valence-corrected chi connectivity index (χ3v) is 4.82. The molecular formula is C13H19NO3S. The molecule has 4 nitrogen and oxygen atoms in total. The highest BCUT2D eigenvalue weighted by Gasteiger charge is 2.18. The lowest BCUT2D eigenvalue weighted by molar-refractivity contribution is -0.119. The zero-order chi connectivity index (χ0) is 13.9. The lowest BCUT2D eigenvalue weighted by Crippen LogP contribution is -2.22. The Kier molecular flexibility index (Phi) is 4.65. The van der Waals surface area contributed by atoms with E-state index >= 15 is 0 Å². The van der Waals surface area contributed by atoms with E-state index in [0.29, 0.717) is 6.42 Å². The number of hydrogen-bond acceptors (Lipinski definition) is 3. The van der Waals surface area contributed by atoms with E-state index in [2.05, 4.69) is 0 Å². The van der Waals surface area contributed by atoms with Crippen LogP contribution in [-0.4, -0.2) is 32.6 Å². The van der Waals surface area contributed by atoms with Gasteiger partial charge in [0.2, 0.25) is 10.0 Å². The zero-order valence-corrected chi connectivity index (χ0v) is 12.0. The van der Waals surface area contributed by atoms with Crippen LogP contribution in [0.3, 0.4) is 0 Å². The molecule has 0 radical (unpaired) electrons. The maximum atomic E-state index is 11.9. The van der Waals surface area contributed by atoms with E-state index in [0.717, 1.165) is 5.56 Å². The summed E-state index contributed by atoms with van der Waals surface area (Å²) in [5.74, 6) is -0.0377. The minimum Gasteiger partial charge on any atom is -0.299 e. The molecule has 0 saturated heterocycles. The minimum absolute atomic E-state index is 0.151. The predicted octanol–water partition coefficient (Wildman–Crippen LogP) is 2.02. The number of rotatable bonds is 5. The van der Waals surface area contributed by atoms with E-state index in [9.17, 15) is 13.2 Å². The maximum Gasteiger partial charge on any atom is 0.242 e. The molecule has 0 aliphatic heterocycles. The van der Waals surface area contributed by atoms with Gasteiger partial charge in [-0.3, -0.25) is 4.79 Å². The minimum atomic E-state index is -3.40. The normalized spacial score (nSPS) is 13.6. The summed E-state index contributed by atoms with van der Waals surface area (Å²) in [6.45, 7) is 3.66. The number of ketones is 1. The van der Waals surface area contributed by atoms with Crippen LogP contribution in [0.15, 0.2) is 29.2 Å². The van der Waals surface area contributed by atoms with Crippen molar-refractivity contribution in [2.24, 2.45) is 0 Å². The van der Waals surface area contributed by atoms with Crippen LogP contribution < -0.4 is 0 Å². The van der Waals surface area contributed by atoms with Crippen molar-refractivity contribution < 1.29 is 13.2 Å². The molecule has 0 N–H and O–H groups in total. The second-order valence-corrected chi connectivity index (χ2v) is 6.55. The van der Waals surface area contributed by atoms with E-state index in [4.69, 9.17) is 0 Å². The monoisotopic (exact) mass is 269 g/mol. The number of Topliss-reactive ketones (excluding diaryl/α,β-unsaturated/α-hetero) is 1. The molecule has 0 fully saturated rings. The van der Waals surface area contributed by atoms with E-state index in [1.54, 1.807) is 24.3 Å². The van der Waals surface area contributed by atoms with Crippen LogP contribution in [-0.2, 0) is 14.8 Å². The number of nitrogens with zero attached hydrogens (tertiary/aromatic N) is 1. The number of hydrogen-bond donors (Lipinski definition) is 0. The fourth-order valence-electron chi connectivity index (χ4n) is 1.63. The van der Waals surface area contributed by atoms with Gasteiger partial charge < -0.3 is 0 Å². The smallest absolute Gasteiger partial charge is 0.242 e. The van der Waals surface area contributed by atoms with Crippen LogP contribution >= 0.6 is 0 Å². The standard InChI is InChI=1S/C13H19NO3S/c1-5-13(15)10(2)11-6-8-12(9-7-11)18(16,17)14(3)4/h6-10H,5H2,1-4H3. The summed E-state index contributed by atoms with van der Waals surface area (Å²) >= 11 is 0. The van der Waals surface area contributed by atoms with Crippen LogP contribution in [0.1, 0.15) is 31.7 Å². The van der Waals surface area contributed by atoms with Crippen molar-refractivity contribution in [1.82, 2.24) is 4.31 Å². The topological polar surface area (TPSA) is 54.5 Å². The average molecular weight is 269 g/mol. The molecule has 5 heteroatoms. The average Bonchev–Trinajstić information content (AvgIpc) is 2.36. The predicted molar refractivity (Wildman–Crippen MR) is 71.0 cm³/mol. The van der Waals surface area contributed by atoms with E-state index in [1.165, 1.54) is 18.4 Å². The number of carbonyl (C=O) groups is 1. The van der Waals surface area contributed by atoms with Gasteiger partial charge in [-0.1, -0.05) is 26.0 Å². The Balaban J connectivity index is 3.04. The fourth-order valence-corrected chi connectivity index (χ4v) is 2.53. The summed E-state index contributed by atoms with van der Waals surface area (Å²) in [6, 6.07) is 6.50. The van der Waals surface area contributed by atoms with Crippen molar-refractivity contribution >= 4 is 15.8 Å². The molecule has 0 bridgehead atoms. The zero-order valence-electron chi connectivity index (χ0n) is 11.2. The SMILES string of the molecule is CCC(=O)C(C)c1ccc(S(=O)(=O)N(C)C)cc1. The Labute approximate surface area is 109 Å². The quantitative estimate of drug-likeness (QED) is 0.821. The van der Waals surface area contributed by atoms with Gasteiger partial charge in [0.1, 0.15) is 5.78 Å². The van der Waals surface area contributed by atoms with Crippen LogP contribution in [0.25, 0.3) is 0 Å². The maximum absolute atomic E-state index is 11.9. The van der Waals surface area contributed by atoms with Gasteiger partial charge in [0, 0.05) is 26.4 Å². The van der Waals surface area contributed by atoms with Crippen LogP contribution in [0.2, 0.25) is 0 Å². The third-order valence-electron chi connectivity index (χ3n) is 2.99. The second-order valence-electron chi connectivity index (χ2n) is 4.40. The summed E-state index contributed by atoms with van der Waals surface area (Å²) < 4.78 is 24.9. The Morgan fingerprint density at radius 1 is 1.22 bits per heavy atom. The fraction of sp³-hybridized carbons (Fsp3) is 0.462. The Morgan fingerprint density at radius 2 is 1.72 bits per heavy atom. The molecule has 1 aromatic rings. The first-order valence-corrected chi connectivity index (χ1v) is 7.30. The lowest BCUT2D eigenvalue weighted by Gasteiger charge is -2.13. The van der Waals surface area contributed by atoms with Crippen molar-refractivity contribution in [3.63, 3.8) is 0 Å². The molecule has 0 aliphatic rings. The molecule has 0 amide bonds. The number of carbonyl (C=O) groups excluding carboxylic acids is 1. The summed E-state index contributed by atoms with van der Waals surface area (Å²) in [5, 5.41) is 0. The highest BCUT2D eigenvalue weighted by Crippen LogP contribution is 2.20. The molecule has 0 saturated carbocycles. The van der Waals surface area contributed by atoms with Crippen molar-refractivity contribution in [2.45, 2.75) is 31.1 Å². The summed E-state index contributed by atoms with van der Waals surface area (Å²) in [7, 11) is -0.412. The Morgan fingerprint density at radius 3 is 2.11 bits per heavy atom. The summed E-state index contributed by atoms with van der Waals surface area (Å²) in [4.78, 5) is 11.8. The summed E-state index contributed by atoms with van der Waals surface area (Å²) in [5.41, 5.74) is 0.847. The molecule has 1 aromatic carbocycles. The largest absolute Gasteiger partial charge is 0.299 e. The van der Waals surface area contributed by atoms with E-state index in [-0.39, 0.29) is 16.6 Å². The Bertz CT molecular complexity index is 518. The van der Waals surface area contributed by atoms with Gasteiger partial charge in [0.05, 0.1) is 4.90 Å². The van der Waals surface area contributed by atoms with Gasteiger partial charge in [0.15, 0.2) is 0 Å². The van der Waals surface area contributed by atoms with Gasteiger partial charge in [-0.2, -0.15) is 0 Å². The highest BCUT2D eigenvalue weighted by molar-refractivity contribution is 7.89. The van der Waals surface area contributed by atoms with Gasteiger partial charge in [-0.05, 0) is 17.7 Å². The molecule has 0 aliphatic carbocycles. The molecule has 100 valence electrons. The van der Waals surface area contributed by atoms with Gasteiger partial charge in [0.25, 0.3) is 0 Å². The van der Waals surface area contributed by atoms with Crippen molar-refractivity contribution in [1.29, 1.82) is 0 Å². The van der Waals surface area contributed by atoms with Gasteiger partial charge in [-0.15, -0.1) is 0 Å². The highest BCUT2D eigenvalue weighted by atomic mass is 32.2. The third kappa shape index (κ3) is 2.97. The molecule has 1 atom stereocenters. The van der Waals surface area contributed by atoms with E-state index in [1.807, 2.05) is 13.8 Å². The lowest BCUT2D eigenvalue weighted by atomic mass is 9.95. The van der Waals surface area contributed by atoms with Crippen molar-refractivity contribution in [3.05, 3.63) is 29.8 Å². The molecule has 1 unspecified atom stereocenters. The van der Waals surface area contributed by atoms with Gasteiger partial charge in [-0.25, -0.2) is 12.7 Å². The molecular weight excluding hydrogens is 250 g/mol. The van der Waals surface area contributed by atoms with Crippen molar-refractivity contribution in [2.75, 3.05) is 14.1 Å². The first-order chi connectivity index (χ1) is 8.30. The van der Waals surface area contributed by atoms with Crippen LogP contribution in [0, 0.1) is 0 Å². The molecule has 0 spiro atoms. The number of benzene rings is 1. The summed E-state index contributed by atoms with van der Waals surface area (Å²) in [6.07, 6.45) is 0.485. The first-order valence-electron chi connectivity index (χ1n) is 5.86. The van der Waals surface area contributed by atoms with Crippen LogP contribution in [0.4, 0.5) is 0 Å². The number of sulfonamides is 1. The first kappa shape index (κ1) is 14.9.